The van der Waals surface area contributed by atoms with E-state index < -0.39 is 0 Å². The van der Waals surface area contributed by atoms with Crippen molar-refractivity contribution in [3.8, 4) is 0 Å². The van der Waals surface area contributed by atoms with Gasteiger partial charge in [-0.25, -0.2) is 0 Å². The Morgan fingerprint density at radius 3 is 2.76 bits per heavy atom. The summed E-state index contributed by atoms with van der Waals surface area (Å²) in [5.41, 5.74) is 2.45. The molecule has 2 atom stereocenters. The van der Waals surface area contributed by atoms with Gasteiger partial charge in [0.15, 0.2) is 0 Å². The van der Waals surface area contributed by atoms with Gasteiger partial charge in [-0.3, -0.25) is 14.6 Å². The van der Waals surface area contributed by atoms with E-state index in [9.17, 15) is 9.59 Å². The molecule has 1 aliphatic carbocycles. The summed E-state index contributed by atoms with van der Waals surface area (Å²) in [6, 6.07) is 3.81. The van der Waals surface area contributed by atoms with Crippen LogP contribution in [0.4, 0.5) is 0 Å². The van der Waals surface area contributed by atoms with Crippen LogP contribution < -0.4 is 10.6 Å². The zero-order valence-electron chi connectivity index (χ0n) is 17.5. The molecule has 1 aromatic rings. The molecule has 2 N–H and O–H groups in total. The number of carbonyl (C=O) groups is 2. The van der Waals surface area contributed by atoms with Gasteiger partial charge in [0.05, 0.1) is 12.3 Å². The molecule has 0 saturated carbocycles. The van der Waals surface area contributed by atoms with Gasteiger partial charge < -0.3 is 15.5 Å². The Labute approximate surface area is 174 Å². The number of allylic oxidation sites excluding steroid dienone is 1. The molecule has 1 fully saturated rings. The molecule has 0 unspecified atom stereocenters. The Bertz CT molecular complexity index is 704. The van der Waals surface area contributed by atoms with Crippen LogP contribution in [0.3, 0.4) is 0 Å². The summed E-state index contributed by atoms with van der Waals surface area (Å²) >= 11 is 0. The second-order valence-corrected chi connectivity index (χ2v) is 8.44. The second-order valence-electron chi connectivity index (χ2n) is 8.44. The number of likely N-dealkylation sites (N-methyl/N-ethyl adjacent to an activating group) is 1. The summed E-state index contributed by atoms with van der Waals surface area (Å²) < 4.78 is 0. The highest BCUT2D eigenvalue weighted by Gasteiger charge is 2.27. The molecule has 1 saturated heterocycles. The molecule has 6 nitrogen and oxygen atoms in total. The van der Waals surface area contributed by atoms with E-state index in [4.69, 9.17) is 0 Å². The van der Waals surface area contributed by atoms with Crippen LogP contribution >= 0.6 is 0 Å². The van der Waals surface area contributed by atoms with E-state index in [0.717, 1.165) is 44.5 Å². The summed E-state index contributed by atoms with van der Waals surface area (Å²) in [6.45, 7) is 2.25. The fourth-order valence-corrected chi connectivity index (χ4v) is 4.33. The number of rotatable bonds is 7. The second kappa shape index (κ2) is 11.1. The smallest absolute Gasteiger partial charge is 0.224 e. The molecule has 0 spiro atoms. The van der Waals surface area contributed by atoms with E-state index in [1.165, 1.54) is 31.3 Å². The zero-order chi connectivity index (χ0) is 20.5. The van der Waals surface area contributed by atoms with Crippen LogP contribution in [0.2, 0.25) is 0 Å². The van der Waals surface area contributed by atoms with Crippen molar-refractivity contribution < 1.29 is 9.59 Å². The Morgan fingerprint density at radius 2 is 2.00 bits per heavy atom. The molecule has 158 valence electrons. The summed E-state index contributed by atoms with van der Waals surface area (Å²) in [6.07, 6.45) is 13.7. The van der Waals surface area contributed by atoms with Crippen LogP contribution in [0.1, 0.15) is 50.5 Å². The van der Waals surface area contributed by atoms with Gasteiger partial charge in [0.25, 0.3) is 0 Å². The largest absolute Gasteiger partial charge is 0.356 e. The number of amides is 2. The minimum absolute atomic E-state index is 0.0116. The summed E-state index contributed by atoms with van der Waals surface area (Å²) in [5.74, 6) is 0.165. The quantitative estimate of drug-likeness (QED) is 0.692. The molecule has 1 aromatic heterocycles. The molecule has 2 heterocycles. The van der Waals surface area contributed by atoms with E-state index in [0.29, 0.717) is 6.42 Å². The topological polar surface area (TPSA) is 74.3 Å². The maximum absolute atomic E-state index is 12.7. The van der Waals surface area contributed by atoms with Crippen LogP contribution in [0.5, 0.6) is 0 Å². The molecule has 0 aromatic carbocycles. The number of nitrogens with one attached hydrogen (secondary N) is 2. The van der Waals surface area contributed by atoms with Crippen molar-refractivity contribution in [1.82, 2.24) is 20.5 Å². The van der Waals surface area contributed by atoms with Crippen molar-refractivity contribution in [2.75, 3.05) is 26.7 Å². The molecular formula is C23H34N4O2. The van der Waals surface area contributed by atoms with Gasteiger partial charge in [-0.2, -0.15) is 0 Å². The van der Waals surface area contributed by atoms with Crippen molar-refractivity contribution in [3.63, 3.8) is 0 Å². The first kappa shape index (κ1) is 21.5. The molecule has 2 aliphatic rings. The lowest BCUT2D eigenvalue weighted by Crippen LogP contribution is -2.42. The number of likely N-dealkylation sites (tertiary alicyclic amines) is 1. The van der Waals surface area contributed by atoms with Crippen LogP contribution in [-0.2, 0) is 16.0 Å². The predicted octanol–water partition coefficient (Wildman–Crippen LogP) is 2.46. The Kier molecular flexibility index (Phi) is 8.23. The first-order valence-corrected chi connectivity index (χ1v) is 10.9. The fourth-order valence-electron chi connectivity index (χ4n) is 4.33. The standard InChI is InChI=1S/C23H34N4O2/c1-27-16-20(23(29)25-14-11-18-5-3-2-4-6-18)7-8-21(17-27)26-22(28)15-19-9-12-24-13-10-19/h5,9-10,12-13,20-21H,2-4,6-8,11,14-17H2,1H3,(H,25,29)(H,26,28)/t20-,21+/m1/s1. The maximum Gasteiger partial charge on any atom is 0.224 e. The normalized spacial score (nSPS) is 23.0. The first-order chi connectivity index (χ1) is 14.1. The lowest BCUT2D eigenvalue weighted by Gasteiger charge is -2.22. The third-order valence-corrected chi connectivity index (χ3v) is 5.91. The average Bonchev–Trinajstić information content (AvgIpc) is 2.90. The van der Waals surface area contributed by atoms with Gasteiger partial charge in [0.2, 0.25) is 11.8 Å². The molecule has 1 aliphatic heterocycles. The SMILES string of the molecule is CN1C[C@@H](NC(=O)Cc2ccncc2)CC[C@@H](C(=O)NCCC2=CCCCC2)C1. The van der Waals surface area contributed by atoms with E-state index in [-0.39, 0.29) is 23.8 Å². The van der Waals surface area contributed by atoms with Crippen LogP contribution in [0.25, 0.3) is 0 Å². The third kappa shape index (κ3) is 7.28. The van der Waals surface area contributed by atoms with Crippen LogP contribution in [0, 0.1) is 5.92 Å². The minimum atomic E-state index is -0.0116. The van der Waals surface area contributed by atoms with Crippen LogP contribution in [0.15, 0.2) is 36.2 Å². The molecule has 0 radical (unpaired) electrons. The number of aromatic nitrogens is 1. The monoisotopic (exact) mass is 398 g/mol. The highest BCUT2D eigenvalue weighted by Crippen LogP contribution is 2.20. The number of pyridine rings is 1. The van der Waals surface area contributed by atoms with Crippen molar-refractivity contribution in [1.29, 1.82) is 0 Å². The van der Waals surface area contributed by atoms with Gasteiger partial charge in [-0.15, -0.1) is 0 Å². The lowest BCUT2D eigenvalue weighted by molar-refractivity contribution is -0.125. The third-order valence-electron chi connectivity index (χ3n) is 5.91. The minimum Gasteiger partial charge on any atom is -0.356 e. The van der Waals surface area contributed by atoms with Gasteiger partial charge in [0, 0.05) is 38.1 Å². The van der Waals surface area contributed by atoms with E-state index in [2.05, 4.69) is 26.6 Å². The van der Waals surface area contributed by atoms with E-state index in [1.807, 2.05) is 19.2 Å². The first-order valence-electron chi connectivity index (χ1n) is 10.9. The fraction of sp³-hybridized carbons (Fsp3) is 0.609. The molecule has 6 heteroatoms. The summed E-state index contributed by atoms with van der Waals surface area (Å²) in [7, 11) is 2.03. The van der Waals surface area contributed by atoms with Crippen molar-refractivity contribution in [3.05, 3.63) is 41.7 Å². The maximum atomic E-state index is 12.7. The van der Waals surface area contributed by atoms with Crippen LogP contribution in [-0.4, -0.2) is 54.4 Å². The van der Waals surface area contributed by atoms with Crippen molar-refractivity contribution in [2.24, 2.45) is 5.92 Å². The zero-order valence-corrected chi connectivity index (χ0v) is 17.5. The van der Waals surface area contributed by atoms with Crippen molar-refractivity contribution >= 4 is 11.8 Å². The molecule has 29 heavy (non-hydrogen) atoms. The Morgan fingerprint density at radius 1 is 1.17 bits per heavy atom. The highest BCUT2D eigenvalue weighted by molar-refractivity contribution is 5.79. The van der Waals surface area contributed by atoms with Crippen molar-refractivity contribution in [2.45, 2.75) is 57.4 Å². The van der Waals surface area contributed by atoms with Gasteiger partial charge in [-0.05, 0) is 69.7 Å². The highest BCUT2D eigenvalue weighted by atomic mass is 16.2. The van der Waals surface area contributed by atoms with Gasteiger partial charge in [-0.1, -0.05) is 11.6 Å². The van der Waals surface area contributed by atoms with Gasteiger partial charge >= 0.3 is 0 Å². The number of nitrogens with zero attached hydrogens (tertiary/aromatic N) is 2. The number of hydrogen-bond acceptors (Lipinski definition) is 4. The van der Waals surface area contributed by atoms with E-state index in [1.54, 1.807) is 12.4 Å². The Hall–Kier alpha value is -2.21. The summed E-state index contributed by atoms with van der Waals surface area (Å²) in [5, 5.41) is 6.28. The number of hydrogen-bond donors (Lipinski definition) is 2. The molecule has 0 bridgehead atoms. The Balaban J connectivity index is 1.42. The lowest BCUT2D eigenvalue weighted by atomic mass is 9.97. The number of carbonyl (C=O) groups excluding carboxylic acids is 2. The molecular weight excluding hydrogens is 364 g/mol. The predicted molar refractivity (Wildman–Crippen MR) is 114 cm³/mol. The molecule has 2 amide bonds. The average molecular weight is 399 g/mol. The van der Waals surface area contributed by atoms with Gasteiger partial charge in [0.1, 0.15) is 0 Å². The summed E-state index contributed by atoms with van der Waals surface area (Å²) in [4.78, 5) is 31.2. The van der Waals surface area contributed by atoms with E-state index >= 15 is 0 Å². The molecule has 3 rings (SSSR count).